The number of nitrogens with zero attached hydrogens (tertiary/aromatic N) is 6. The lowest BCUT2D eigenvalue weighted by atomic mass is 10.2. The Hall–Kier alpha value is -2.93. The molecule has 0 atom stereocenters. The number of rotatable bonds is 3. The van der Waals surface area contributed by atoms with Crippen LogP contribution in [0.15, 0.2) is 60.2 Å². The quantitative estimate of drug-likeness (QED) is 0.575. The van der Waals surface area contributed by atoms with Crippen LogP contribution < -0.4 is 5.69 Å². The lowest BCUT2D eigenvalue weighted by Gasteiger charge is -2.00. The summed E-state index contributed by atoms with van der Waals surface area (Å²) in [5, 5.41) is 5.06. The Kier molecular flexibility index (Phi) is 3.20. The summed E-state index contributed by atoms with van der Waals surface area (Å²) in [6.07, 6.45) is 8.19. The zero-order chi connectivity index (χ0) is 15.8. The molecule has 0 radical (unpaired) electrons. The van der Waals surface area contributed by atoms with Gasteiger partial charge in [0, 0.05) is 29.8 Å². The van der Waals surface area contributed by atoms with Crippen molar-refractivity contribution in [2.75, 3.05) is 0 Å². The van der Waals surface area contributed by atoms with E-state index in [0.717, 1.165) is 5.56 Å². The molecule has 23 heavy (non-hydrogen) atoms. The van der Waals surface area contributed by atoms with E-state index in [1.165, 1.54) is 9.08 Å². The van der Waals surface area contributed by atoms with Gasteiger partial charge in [-0.15, -0.1) is 5.10 Å². The van der Waals surface area contributed by atoms with Crippen molar-refractivity contribution in [3.63, 3.8) is 0 Å². The summed E-state index contributed by atoms with van der Waals surface area (Å²) >= 11 is 5.88. The van der Waals surface area contributed by atoms with E-state index in [-0.39, 0.29) is 5.69 Å². The van der Waals surface area contributed by atoms with Gasteiger partial charge in [0.05, 0.1) is 6.54 Å². The van der Waals surface area contributed by atoms with Crippen LogP contribution in [0.2, 0.25) is 5.02 Å². The van der Waals surface area contributed by atoms with Gasteiger partial charge in [0.15, 0.2) is 5.82 Å². The lowest BCUT2D eigenvalue weighted by Crippen LogP contribution is -2.21. The normalized spacial score (nSPS) is 11.2. The third-order valence-corrected chi connectivity index (χ3v) is 3.73. The van der Waals surface area contributed by atoms with E-state index in [0.29, 0.717) is 23.0 Å². The molecule has 8 heteroatoms. The van der Waals surface area contributed by atoms with E-state index in [4.69, 9.17) is 11.6 Å². The lowest BCUT2D eigenvalue weighted by molar-refractivity contribution is 0.658. The molecule has 0 unspecified atom stereocenters. The maximum absolute atomic E-state index is 12.5. The first-order valence-corrected chi connectivity index (χ1v) is 7.27. The summed E-state index contributed by atoms with van der Waals surface area (Å²) in [5.74, 6) is 0.553. The molecule has 3 heterocycles. The van der Waals surface area contributed by atoms with Gasteiger partial charge in [-0.1, -0.05) is 23.7 Å². The van der Waals surface area contributed by atoms with Crippen molar-refractivity contribution in [2.45, 2.75) is 6.54 Å². The molecule has 0 N–H and O–H groups in total. The first kappa shape index (κ1) is 13.7. The van der Waals surface area contributed by atoms with Crippen molar-refractivity contribution in [3.8, 4) is 5.82 Å². The predicted octanol–water partition coefficient (Wildman–Crippen LogP) is 1.78. The van der Waals surface area contributed by atoms with Crippen LogP contribution in [0.3, 0.4) is 0 Å². The third kappa shape index (κ3) is 2.40. The molecular weight excluding hydrogens is 316 g/mol. The van der Waals surface area contributed by atoms with Crippen molar-refractivity contribution in [1.82, 2.24) is 28.7 Å². The third-order valence-electron chi connectivity index (χ3n) is 3.48. The van der Waals surface area contributed by atoms with Crippen molar-refractivity contribution in [2.24, 2.45) is 0 Å². The van der Waals surface area contributed by atoms with Crippen LogP contribution in [-0.4, -0.2) is 28.7 Å². The summed E-state index contributed by atoms with van der Waals surface area (Å²) in [5.41, 5.74) is 1.19. The van der Waals surface area contributed by atoms with E-state index >= 15 is 0 Å². The first-order valence-electron chi connectivity index (χ1n) is 6.89. The van der Waals surface area contributed by atoms with Crippen LogP contribution >= 0.6 is 11.6 Å². The van der Waals surface area contributed by atoms with Crippen molar-refractivity contribution >= 4 is 17.2 Å². The number of imidazole rings is 1. The molecule has 0 spiro atoms. The summed E-state index contributed by atoms with van der Waals surface area (Å²) < 4.78 is 4.59. The predicted molar refractivity (Wildman–Crippen MR) is 84.9 cm³/mol. The number of fused-ring (bicyclic) bond motifs is 1. The van der Waals surface area contributed by atoms with E-state index in [9.17, 15) is 4.79 Å². The highest BCUT2D eigenvalue weighted by Crippen LogP contribution is 2.12. The monoisotopic (exact) mass is 326 g/mol. The highest BCUT2D eigenvalue weighted by molar-refractivity contribution is 6.30. The fraction of sp³-hybridized carbons (Fsp3) is 0.0667. The minimum absolute atomic E-state index is 0.223. The highest BCUT2D eigenvalue weighted by Gasteiger charge is 2.13. The van der Waals surface area contributed by atoms with Gasteiger partial charge >= 0.3 is 5.69 Å². The summed E-state index contributed by atoms with van der Waals surface area (Å²) in [7, 11) is 0. The maximum Gasteiger partial charge on any atom is 0.350 e. The Balaban J connectivity index is 1.83. The number of hydrogen-bond acceptors (Lipinski definition) is 4. The van der Waals surface area contributed by atoms with E-state index in [1.807, 2.05) is 12.1 Å². The average Bonchev–Trinajstić information content (AvgIpc) is 3.19. The summed E-state index contributed by atoms with van der Waals surface area (Å²) in [4.78, 5) is 20.8. The summed E-state index contributed by atoms with van der Waals surface area (Å²) in [6.45, 7) is 0.362. The van der Waals surface area contributed by atoms with Gasteiger partial charge in [0.1, 0.15) is 6.33 Å². The first-order chi connectivity index (χ1) is 11.2. The largest absolute Gasteiger partial charge is 0.350 e. The molecule has 0 aliphatic carbocycles. The van der Waals surface area contributed by atoms with Crippen LogP contribution in [-0.2, 0) is 6.54 Å². The standard InChI is InChI=1S/C15H11ClN6O/c16-12-3-1-11(2-4-12)9-22-15(23)21-8-6-18-13(14(21)19-22)20-7-5-17-10-20/h1-8,10H,9H2. The van der Waals surface area contributed by atoms with Gasteiger partial charge in [-0.05, 0) is 17.7 Å². The Labute approximate surface area is 135 Å². The average molecular weight is 327 g/mol. The molecule has 1 aromatic carbocycles. The maximum atomic E-state index is 12.5. The van der Waals surface area contributed by atoms with Gasteiger partial charge in [-0.3, -0.25) is 4.57 Å². The van der Waals surface area contributed by atoms with Crippen LogP contribution in [0.25, 0.3) is 11.5 Å². The van der Waals surface area contributed by atoms with Crippen LogP contribution in [0.5, 0.6) is 0 Å². The zero-order valence-corrected chi connectivity index (χ0v) is 12.6. The molecule has 0 saturated carbocycles. The second kappa shape index (κ2) is 5.36. The van der Waals surface area contributed by atoms with Gasteiger partial charge < -0.3 is 0 Å². The number of hydrogen-bond donors (Lipinski definition) is 0. The minimum Gasteiger partial charge on any atom is -0.287 e. The van der Waals surface area contributed by atoms with Gasteiger partial charge in [0.25, 0.3) is 0 Å². The molecule has 0 fully saturated rings. The topological polar surface area (TPSA) is 70.0 Å². The number of halogens is 1. The fourth-order valence-electron chi connectivity index (χ4n) is 2.37. The summed E-state index contributed by atoms with van der Waals surface area (Å²) in [6, 6.07) is 7.31. The molecule has 7 nitrogen and oxygen atoms in total. The molecule has 0 aliphatic rings. The van der Waals surface area contributed by atoms with Crippen LogP contribution in [0.4, 0.5) is 0 Å². The second-order valence-corrected chi connectivity index (χ2v) is 5.42. The molecule has 0 aliphatic heterocycles. The Morgan fingerprint density at radius 3 is 2.65 bits per heavy atom. The van der Waals surface area contributed by atoms with E-state index < -0.39 is 0 Å². The number of aromatic nitrogens is 6. The SMILES string of the molecule is O=c1n(Cc2ccc(Cl)cc2)nc2c(-n3ccnc3)nccn12. The Morgan fingerprint density at radius 2 is 1.91 bits per heavy atom. The zero-order valence-electron chi connectivity index (χ0n) is 11.9. The molecule has 4 aromatic rings. The molecular formula is C15H11ClN6O. The van der Waals surface area contributed by atoms with Gasteiger partial charge in [0.2, 0.25) is 5.65 Å². The Morgan fingerprint density at radius 1 is 1.09 bits per heavy atom. The number of benzene rings is 1. The van der Waals surface area contributed by atoms with Gasteiger partial charge in [-0.2, -0.15) is 0 Å². The fourth-order valence-corrected chi connectivity index (χ4v) is 2.49. The molecule has 0 amide bonds. The van der Waals surface area contributed by atoms with Gasteiger partial charge in [-0.25, -0.2) is 23.8 Å². The van der Waals surface area contributed by atoms with Crippen molar-refractivity contribution in [3.05, 3.63) is 76.5 Å². The Bertz CT molecular complexity index is 1020. The molecule has 114 valence electrons. The second-order valence-electron chi connectivity index (χ2n) is 4.98. The minimum atomic E-state index is -0.223. The van der Waals surface area contributed by atoms with Crippen LogP contribution in [0, 0.1) is 0 Å². The molecule has 4 rings (SSSR count). The molecule has 0 bridgehead atoms. The van der Waals surface area contributed by atoms with Crippen LogP contribution in [0.1, 0.15) is 5.56 Å². The highest BCUT2D eigenvalue weighted by atomic mass is 35.5. The van der Waals surface area contributed by atoms with E-state index in [1.54, 1.807) is 47.8 Å². The molecule has 3 aromatic heterocycles. The smallest absolute Gasteiger partial charge is 0.287 e. The van der Waals surface area contributed by atoms with E-state index in [2.05, 4.69) is 15.1 Å². The van der Waals surface area contributed by atoms with Crippen molar-refractivity contribution < 1.29 is 0 Å². The van der Waals surface area contributed by atoms with Crippen molar-refractivity contribution in [1.29, 1.82) is 0 Å². The molecule has 0 saturated heterocycles.